The molecule has 3 nitrogen and oxygen atoms in total. The van der Waals surface area contributed by atoms with E-state index in [0.29, 0.717) is 12.6 Å². The van der Waals surface area contributed by atoms with E-state index in [0.717, 1.165) is 5.75 Å². The minimum atomic E-state index is 0.0268. The molecule has 1 unspecified atom stereocenters. The van der Waals surface area contributed by atoms with Crippen LogP contribution in [-0.2, 0) is 0 Å². The van der Waals surface area contributed by atoms with Crippen LogP contribution < -0.4 is 10.1 Å². The molecule has 100 valence electrons. The van der Waals surface area contributed by atoms with Gasteiger partial charge in [0.1, 0.15) is 12.4 Å². The van der Waals surface area contributed by atoms with Gasteiger partial charge in [0.25, 0.3) is 0 Å². The van der Waals surface area contributed by atoms with Gasteiger partial charge in [-0.25, -0.2) is 0 Å². The highest BCUT2D eigenvalue weighted by atomic mass is 16.5. The van der Waals surface area contributed by atoms with Gasteiger partial charge in [-0.15, -0.1) is 0 Å². The lowest BCUT2D eigenvalue weighted by atomic mass is 10.1. The molecule has 0 aliphatic heterocycles. The predicted octanol–water partition coefficient (Wildman–Crippen LogP) is 2.33. The zero-order valence-electron chi connectivity index (χ0n) is 10.9. The van der Waals surface area contributed by atoms with Gasteiger partial charge in [-0.2, -0.15) is 0 Å². The molecule has 19 heavy (non-hydrogen) atoms. The van der Waals surface area contributed by atoms with Crippen molar-refractivity contribution in [1.82, 2.24) is 5.32 Å². The van der Waals surface area contributed by atoms with Crippen LogP contribution in [0, 0.1) is 0 Å². The number of rotatable bonds is 6. The average molecular weight is 257 g/mol. The number of benzene rings is 2. The van der Waals surface area contributed by atoms with E-state index in [1.165, 1.54) is 23.6 Å². The highest BCUT2D eigenvalue weighted by molar-refractivity contribution is 5.83. The van der Waals surface area contributed by atoms with E-state index in [1.807, 2.05) is 24.3 Å². The van der Waals surface area contributed by atoms with Gasteiger partial charge in [-0.1, -0.05) is 30.3 Å². The van der Waals surface area contributed by atoms with E-state index in [4.69, 9.17) is 4.74 Å². The summed E-state index contributed by atoms with van der Waals surface area (Å²) in [6.07, 6.45) is 2.43. The standard InChI is InChI=1S/C16H19NO2/c18-10-15(17-14-6-7-14)11-19-16-8-5-12-3-1-2-4-13(12)9-16/h1-5,8-9,14-15,17-18H,6-7,10-11H2. The number of ether oxygens (including phenoxy) is 1. The van der Waals surface area contributed by atoms with Crippen LogP contribution in [0.3, 0.4) is 0 Å². The van der Waals surface area contributed by atoms with Crippen molar-refractivity contribution in [2.75, 3.05) is 13.2 Å². The molecule has 1 aliphatic rings. The van der Waals surface area contributed by atoms with Crippen molar-refractivity contribution in [3.8, 4) is 5.75 Å². The van der Waals surface area contributed by atoms with Crippen LogP contribution in [0.5, 0.6) is 5.75 Å². The second kappa shape index (κ2) is 5.59. The largest absolute Gasteiger partial charge is 0.492 e. The fraction of sp³-hybridized carbons (Fsp3) is 0.375. The fourth-order valence-corrected chi connectivity index (χ4v) is 2.19. The van der Waals surface area contributed by atoms with Crippen LogP contribution >= 0.6 is 0 Å². The molecule has 2 aromatic carbocycles. The molecular weight excluding hydrogens is 238 g/mol. The molecule has 1 saturated carbocycles. The lowest BCUT2D eigenvalue weighted by molar-refractivity contribution is 0.182. The molecular formula is C16H19NO2. The van der Waals surface area contributed by atoms with Gasteiger partial charge in [0, 0.05) is 6.04 Å². The monoisotopic (exact) mass is 257 g/mol. The molecule has 2 N–H and O–H groups in total. The van der Waals surface area contributed by atoms with Gasteiger partial charge in [0.15, 0.2) is 0 Å². The van der Waals surface area contributed by atoms with Gasteiger partial charge >= 0.3 is 0 Å². The highest BCUT2D eigenvalue weighted by Crippen LogP contribution is 2.22. The summed E-state index contributed by atoms with van der Waals surface area (Å²) in [5.41, 5.74) is 0. The maximum Gasteiger partial charge on any atom is 0.120 e. The molecule has 0 aromatic heterocycles. The number of hydrogen-bond acceptors (Lipinski definition) is 3. The van der Waals surface area contributed by atoms with E-state index >= 15 is 0 Å². The summed E-state index contributed by atoms with van der Waals surface area (Å²) in [4.78, 5) is 0. The third-order valence-corrected chi connectivity index (χ3v) is 3.44. The molecule has 0 radical (unpaired) electrons. The Morgan fingerprint density at radius 1 is 1.16 bits per heavy atom. The SMILES string of the molecule is OCC(COc1ccc2ccccc2c1)NC1CC1. The summed E-state index contributed by atoms with van der Waals surface area (Å²) in [5, 5.41) is 15.1. The van der Waals surface area contributed by atoms with Crippen molar-refractivity contribution in [3.63, 3.8) is 0 Å². The number of nitrogens with one attached hydrogen (secondary N) is 1. The van der Waals surface area contributed by atoms with Gasteiger partial charge in [-0.05, 0) is 35.7 Å². The second-order valence-corrected chi connectivity index (χ2v) is 5.14. The van der Waals surface area contributed by atoms with E-state index < -0.39 is 0 Å². The Kier molecular flexibility index (Phi) is 3.67. The van der Waals surface area contributed by atoms with Crippen molar-refractivity contribution >= 4 is 10.8 Å². The first-order valence-corrected chi connectivity index (χ1v) is 6.83. The van der Waals surface area contributed by atoms with E-state index in [1.54, 1.807) is 0 Å². The number of aliphatic hydroxyl groups excluding tert-OH is 1. The van der Waals surface area contributed by atoms with Crippen molar-refractivity contribution in [1.29, 1.82) is 0 Å². The lowest BCUT2D eigenvalue weighted by Gasteiger charge is -2.16. The Morgan fingerprint density at radius 2 is 1.95 bits per heavy atom. The predicted molar refractivity (Wildman–Crippen MR) is 76.5 cm³/mol. The molecule has 1 atom stereocenters. The van der Waals surface area contributed by atoms with Crippen LogP contribution in [0.25, 0.3) is 10.8 Å². The van der Waals surface area contributed by atoms with Crippen LogP contribution in [0.15, 0.2) is 42.5 Å². The topological polar surface area (TPSA) is 41.5 Å². The van der Waals surface area contributed by atoms with Crippen LogP contribution in [0.2, 0.25) is 0 Å². The summed E-state index contributed by atoms with van der Waals surface area (Å²) in [6.45, 7) is 0.620. The molecule has 3 rings (SSSR count). The number of aliphatic hydroxyl groups is 1. The zero-order valence-corrected chi connectivity index (χ0v) is 10.9. The molecule has 3 heteroatoms. The third-order valence-electron chi connectivity index (χ3n) is 3.44. The van der Waals surface area contributed by atoms with E-state index in [-0.39, 0.29) is 12.6 Å². The quantitative estimate of drug-likeness (QED) is 0.834. The Morgan fingerprint density at radius 3 is 2.68 bits per heavy atom. The minimum Gasteiger partial charge on any atom is -0.492 e. The first kappa shape index (κ1) is 12.5. The first-order chi connectivity index (χ1) is 9.35. The Bertz CT molecular complexity index is 551. The number of fused-ring (bicyclic) bond motifs is 1. The van der Waals surface area contributed by atoms with Crippen molar-refractivity contribution < 1.29 is 9.84 Å². The Balaban J connectivity index is 1.63. The van der Waals surface area contributed by atoms with E-state index in [9.17, 15) is 5.11 Å². The molecule has 0 bridgehead atoms. The molecule has 0 heterocycles. The summed E-state index contributed by atoms with van der Waals surface area (Å²) >= 11 is 0. The van der Waals surface area contributed by atoms with Crippen LogP contribution in [0.4, 0.5) is 0 Å². The molecule has 1 fully saturated rings. The van der Waals surface area contributed by atoms with E-state index in [2.05, 4.69) is 23.5 Å². The lowest BCUT2D eigenvalue weighted by Crippen LogP contribution is -2.39. The van der Waals surface area contributed by atoms with Gasteiger partial charge in [0.05, 0.1) is 12.6 Å². The molecule has 1 aliphatic carbocycles. The second-order valence-electron chi connectivity index (χ2n) is 5.14. The van der Waals surface area contributed by atoms with Crippen LogP contribution in [0.1, 0.15) is 12.8 Å². The summed E-state index contributed by atoms with van der Waals surface area (Å²) in [5.74, 6) is 0.856. The zero-order chi connectivity index (χ0) is 13.1. The van der Waals surface area contributed by atoms with Gasteiger partial charge in [-0.3, -0.25) is 0 Å². The Labute approximate surface area is 113 Å². The summed E-state index contributed by atoms with van der Waals surface area (Å²) in [6, 6.07) is 14.9. The highest BCUT2D eigenvalue weighted by Gasteiger charge is 2.24. The molecule has 0 spiro atoms. The van der Waals surface area contributed by atoms with Crippen LogP contribution in [-0.4, -0.2) is 30.4 Å². The minimum absolute atomic E-state index is 0.0268. The van der Waals surface area contributed by atoms with Crippen molar-refractivity contribution in [2.45, 2.75) is 24.9 Å². The maximum atomic E-state index is 9.31. The maximum absolute atomic E-state index is 9.31. The normalized spacial score (nSPS) is 16.5. The molecule has 0 saturated heterocycles. The average Bonchev–Trinajstić information content (AvgIpc) is 3.27. The smallest absolute Gasteiger partial charge is 0.120 e. The molecule has 2 aromatic rings. The summed E-state index contributed by atoms with van der Waals surface area (Å²) < 4.78 is 5.77. The van der Waals surface area contributed by atoms with Crippen molar-refractivity contribution in [2.24, 2.45) is 0 Å². The fourth-order valence-electron chi connectivity index (χ4n) is 2.19. The third kappa shape index (κ3) is 3.25. The summed E-state index contributed by atoms with van der Waals surface area (Å²) in [7, 11) is 0. The van der Waals surface area contributed by atoms with Crippen molar-refractivity contribution in [3.05, 3.63) is 42.5 Å². The van der Waals surface area contributed by atoms with Gasteiger partial charge in [0.2, 0.25) is 0 Å². The molecule has 0 amide bonds. The number of hydrogen-bond donors (Lipinski definition) is 2. The Hall–Kier alpha value is -1.58. The van der Waals surface area contributed by atoms with Gasteiger partial charge < -0.3 is 15.2 Å². The first-order valence-electron chi connectivity index (χ1n) is 6.83.